The van der Waals surface area contributed by atoms with Crippen molar-refractivity contribution in [1.29, 1.82) is 0 Å². The Morgan fingerprint density at radius 1 is 1.36 bits per heavy atom. The zero-order chi connectivity index (χ0) is 9.12. The normalized spacial score (nSPS) is 13.5. The smallest absolute Gasteiger partial charge is 0.206 e. The third-order valence-corrected chi connectivity index (χ3v) is 5.66. The lowest BCUT2D eigenvalue weighted by Gasteiger charge is -2.17. The van der Waals surface area contributed by atoms with Gasteiger partial charge in [0.1, 0.15) is 8.24 Å². The number of nitrogens with one attached hydrogen (secondary N) is 1. The van der Waals surface area contributed by atoms with Crippen molar-refractivity contribution in [2.45, 2.75) is 19.6 Å². The molecule has 0 unspecified atom stereocenters. The van der Waals surface area contributed by atoms with Crippen LogP contribution in [0, 0.1) is 0 Å². The third kappa shape index (κ3) is 6.80. The molecular formula is C5H14ClNO2SSi. The lowest BCUT2D eigenvalue weighted by Crippen LogP contribution is -2.46. The maximum Gasteiger partial charge on any atom is 0.206 e. The van der Waals surface area contributed by atoms with E-state index in [-0.39, 0.29) is 11.6 Å². The molecule has 0 aliphatic rings. The Hall–Kier alpha value is 0.417. The fraction of sp³-hybridized carbons (Fsp3) is 1.00. The monoisotopic (exact) mass is 215 g/mol. The Kier molecular flexibility index (Phi) is 4.03. The van der Waals surface area contributed by atoms with Gasteiger partial charge in [0, 0.05) is 5.88 Å². The van der Waals surface area contributed by atoms with Crippen LogP contribution in [0.15, 0.2) is 0 Å². The van der Waals surface area contributed by atoms with Gasteiger partial charge in [-0.15, -0.1) is 11.6 Å². The fourth-order valence-electron chi connectivity index (χ4n) is 0.619. The van der Waals surface area contributed by atoms with Crippen LogP contribution in [0.5, 0.6) is 0 Å². The summed E-state index contributed by atoms with van der Waals surface area (Å²) in [6.45, 7) is 5.79. The number of halogens is 1. The largest absolute Gasteiger partial charge is 0.238 e. The number of hydrogen-bond donors (Lipinski definition) is 1. The van der Waals surface area contributed by atoms with Crippen LogP contribution in [-0.4, -0.2) is 28.3 Å². The Morgan fingerprint density at radius 3 is 2.09 bits per heavy atom. The summed E-state index contributed by atoms with van der Waals surface area (Å²) in [6, 6.07) is 0. The summed E-state index contributed by atoms with van der Waals surface area (Å²) in [5.74, 6) is 0.165. The van der Waals surface area contributed by atoms with E-state index in [1.54, 1.807) is 0 Å². The molecule has 68 valence electrons. The Morgan fingerprint density at radius 2 is 1.82 bits per heavy atom. The van der Waals surface area contributed by atoms with Crippen molar-refractivity contribution >= 4 is 29.9 Å². The van der Waals surface area contributed by atoms with Gasteiger partial charge in [0.05, 0.1) is 5.75 Å². The van der Waals surface area contributed by atoms with Gasteiger partial charge < -0.3 is 0 Å². The molecule has 0 saturated carbocycles. The fourth-order valence-corrected chi connectivity index (χ4v) is 5.57. The van der Waals surface area contributed by atoms with Gasteiger partial charge in [-0.2, -0.15) is 0 Å². The van der Waals surface area contributed by atoms with Gasteiger partial charge in [-0.25, -0.2) is 12.8 Å². The highest BCUT2D eigenvalue weighted by atomic mass is 35.5. The Balaban J connectivity index is 4.15. The Bertz CT molecular complexity index is 209. The van der Waals surface area contributed by atoms with E-state index in [1.807, 2.05) is 19.6 Å². The highest BCUT2D eigenvalue weighted by Crippen LogP contribution is 1.98. The second-order valence-corrected chi connectivity index (χ2v) is 10.7. The standard InChI is InChI=1S/C5H14ClNO2SSi/c1-11(2,3)7-10(8,9)5-4-6/h7H,4-5H2,1-3H3. The molecule has 0 amide bonds. The molecular weight excluding hydrogens is 202 g/mol. The molecule has 0 spiro atoms. The lowest BCUT2D eigenvalue weighted by molar-refractivity contribution is 0.594. The van der Waals surface area contributed by atoms with Gasteiger partial charge in [0.25, 0.3) is 0 Å². The van der Waals surface area contributed by atoms with E-state index < -0.39 is 18.3 Å². The molecule has 0 aromatic carbocycles. The molecule has 0 rings (SSSR count). The summed E-state index contributed by atoms with van der Waals surface area (Å²) in [6.07, 6.45) is 0. The van der Waals surface area contributed by atoms with E-state index in [9.17, 15) is 8.42 Å². The molecule has 0 aliphatic heterocycles. The van der Waals surface area contributed by atoms with Crippen molar-refractivity contribution in [3.8, 4) is 0 Å². The molecule has 0 bridgehead atoms. The lowest BCUT2D eigenvalue weighted by atomic mass is 11.0. The molecule has 0 aliphatic carbocycles. The molecule has 0 heterocycles. The minimum Gasteiger partial charge on any atom is -0.238 e. The molecule has 0 saturated heterocycles. The zero-order valence-electron chi connectivity index (χ0n) is 7.02. The van der Waals surface area contributed by atoms with E-state index >= 15 is 0 Å². The summed E-state index contributed by atoms with van der Waals surface area (Å²) in [5, 5.41) is 0. The van der Waals surface area contributed by atoms with Crippen molar-refractivity contribution in [2.24, 2.45) is 0 Å². The zero-order valence-corrected chi connectivity index (χ0v) is 9.59. The summed E-state index contributed by atoms with van der Waals surface area (Å²) in [4.78, 5) is 0. The van der Waals surface area contributed by atoms with Gasteiger partial charge in [-0.1, -0.05) is 19.6 Å². The van der Waals surface area contributed by atoms with E-state index in [2.05, 4.69) is 4.39 Å². The van der Waals surface area contributed by atoms with Crippen molar-refractivity contribution in [3.05, 3.63) is 0 Å². The van der Waals surface area contributed by atoms with Crippen LogP contribution >= 0.6 is 11.6 Å². The van der Waals surface area contributed by atoms with Crippen LogP contribution in [0.2, 0.25) is 19.6 Å². The topological polar surface area (TPSA) is 46.2 Å². The first-order chi connectivity index (χ1) is 4.77. The SMILES string of the molecule is C[Si](C)(C)NS(=O)(=O)CCCl. The first kappa shape index (κ1) is 11.4. The van der Waals surface area contributed by atoms with Gasteiger partial charge >= 0.3 is 0 Å². The van der Waals surface area contributed by atoms with Gasteiger partial charge in [-0.05, 0) is 0 Å². The molecule has 0 aromatic rings. The van der Waals surface area contributed by atoms with E-state index in [1.165, 1.54) is 0 Å². The number of alkyl halides is 1. The van der Waals surface area contributed by atoms with Crippen LogP contribution in [0.25, 0.3) is 0 Å². The molecule has 0 fully saturated rings. The second-order valence-electron chi connectivity index (χ2n) is 3.36. The van der Waals surface area contributed by atoms with Gasteiger partial charge in [0.15, 0.2) is 0 Å². The average Bonchev–Trinajstić information content (AvgIpc) is 1.55. The summed E-state index contributed by atoms with van der Waals surface area (Å²) in [5.41, 5.74) is 0. The van der Waals surface area contributed by atoms with Crippen molar-refractivity contribution in [3.63, 3.8) is 0 Å². The summed E-state index contributed by atoms with van der Waals surface area (Å²) >= 11 is 5.31. The average molecular weight is 216 g/mol. The molecule has 0 radical (unpaired) electrons. The van der Waals surface area contributed by atoms with Crippen molar-refractivity contribution in [1.82, 2.24) is 4.39 Å². The van der Waals surface area contributed by atoms with E-state index in [0.717, 1.165) is 0 Å². The minimum atomic E-state index is -3.11. The quantitative estimate of drug-likeness (QED) is 0.562. The van der Waals surface area contributed by atoms with E-state index in [0.29, 0.717) is 0 Å². The maximum atomic E-state index is 11.1. The van der Waals surface area contributed by atoms with E-state index in [4.69, 9.17) is 11.6 Å². The molecule has 1 N–H and O–H groups in total. The van der Waals surface area contributed by atoms with Gasteiger partial charge in [0.2, 0.25) is 10.0 Å². The predicted molar refractivity (Wildman–Crippen MR) is 51.0 cm³/mol. The highest BCUT2D eigenvalue weighted by Gasteiger charge is 2.20. The molecule has 3 nitrogen and oxygen atoms in total. The van der Waals surface area contributed by atoms with Crippen LogP contribution in [0.4, 0.5) is 0 Å². The first-order valence-electron chi connectivity index (χ1n) is 3.34. The van der Waals surface area contributed by atoms with Crippen LogP contribution in [0.1, 0.15) is 0 Å². The summed E-state index contributed by atoms with van der Waals surface area (Å²) < 4.78 is 24.8. The third-order valence-electron chi connectivity index (χ3n) is 0.808. The molecule has 0 atom stereocenters. The second kappa shape index (κ2) is 3.89. The number of sulfonamides is 1. The first-order valence-corrected chi connectivity index (χ1v) is 9.03. The number of hydrogen-bond acceptors (Lipinski definition) is 2. The van der Waals surface area contributed by atoms with Crippen molar-refractivity contribution < 1.29 is 8.42 Å². The van der Waals surface area contributed by atoms with Gasteiger partial charge in [-0.3, -0.25) is 0 Å². The molecule has 11 heavy (non-hydrogen) atoms. The minimum absolute atomic E-state index is 0.0127. The van der Waals surface area contributed by atoms with Crippen LogP contribution < -0.4 is 4.39 Å². The summed E-state index contributed by atoms with van der Waals surface area (Å²) in [7, 11) is -4.84. The van der Waals surface area contributed by atoms with Crippen LogP contribution in [-0.2, 0) is 10.0 Å². The molecule has 0 aromatic heterocycles. The number of rotatable bonds is 4. The van der Waals surface area contributed by atoms with Crippen LogP contribution in [0.3, 0.4) is 0 Å². The molecule has 6 heteroatoms. The maximum absolute atomic E-state index is 11.1. The van der Waals surface area contributed by atoms with Crippen molar-refractivity contribution in [2.75, 3.05) is 11.6 Å². The predicted octanol–water partition coefficient (Wildman–Crippen LogP) is 0.979. The highest BCUT2D eigenvalue weighted by molar-refractivity contribution is 7.91. The Labute approximate surface area is 74.3 Å².